The molecule has 0 unspecified atom stereocenters. The third kappa shape index (κ3) is 3.10. The number of para-hydroxylation sites is 2. The molecule has 0 amide bonds. The molecule has 124 valence electrons. The molecule has 0 spiro atoms. The number of benzene rings is 3. The maximum atomic E-state index is 6.16. The Hall–Kier alpha value is -2.46. The second-order valence-corrected chi connectivity index (χ2v) is 7.04. The highest BCUT2D eigenvalue weighted by molar-refractivity contribution is 9.10. The van der Waals surface area contributed by atoms with Crippen LogP contribution < -0.4 is 4.74 Å². The molecule has 0 saturated heterocycles. The number of fused-ring (bicyclic) bond motifs is 2. The first-order valence-electron chi connectivity index (χ1n) is 8.16. The van der Waals surface area contributed by atoms with Crippen molar-refractivity contribution in [2.75, 3.05) is 0 Å². The van der Waals surface area contributed by atoms with E-state index in [1.165, 1.54) is 5.56 Å². The average molecular weight is 393 g/mol. The second kappa shape index (κ2) is 6.45. The lowest BCUT2D eigenvalue weighted by atomic mass is 10.1. The summed E-state index contributed by atoms with van der Waals surface area (Å²) in [4.78, 5) is 9.56. The fourth-order valence-corrected chi connectivity index (χ4v) is 3.48. The van der Waals surface area contributed by atoms with Crippen LogP contribution in [0.5, 0.6) is 5.75 Å². The highest BCUT2D eigenvalue weighted by Crippen LogP contribution is 2.34. The van der Waals surface area contributed by atoms with Crippen molar-refractivity contribution >= 4 is 38.0 Å². The van der Waals surface area contributed by atoms with Gasteiger partial charge in [0.1, 0.15) is 17.6 Å². The average Bonchev–Trinajstić information content (AvgIpc) is 2.62. The van der Waals surface area contributed by atoms with Crippen molar-refractivity contribution in [3.8, 4) is 5.75 Å². The lowest BCUT2D eigenvalue weighted by molar-refractivity contribution is 0.307. The van der Waals surface area contributed by atoms with Crippen molar-refractivity contribution in [2.24, 2.45) is 0 Å². The predicted molar refractivity (Wildman–Crippen MR) is 105 cm³/mol. The summed E-state index contributed by atoms with van der Waals surface area (Å²) in [6.45, 7) is 4.62. The topological polar surface area (TPSA) is 35.0 Å². The summed E-state index contributed by atoms with van der Waals surface area (Å²) in [5.74, 6) is 0.789. The minimum absolute atomic E-state index is 0.506. The highest BCUT2D eigenvalue weighted by atomic mass is 79.9. The van der Waals surface area contributed by atoms with Crippen LogP contribution in [0.2, 0.25) is 0 Å². The summed E-state index contributed by atoms with van der Waals surface area (Å²) in [5.41, 5.74) is 6.77. The van der Waals surface area contributed by atoms with Gasteiger partial charge in [0, 0.05) is 4.47 Å². The van der Waals surface area contributed by atoms with Gasteiger partial charge in [-0.1, -0.05) is 42.0 Å². The Labute approximate surface area is 154 Å². The Bertz CT molecular complexity index is 1070. The zero-order valence-electron chi connectivity index (χ0n) is 14.1. The molecule has 4 rings (SSSR count). The summed E-state index contributed by atoms with van der Waals surface area (Å²) < 4.78 is 7.09. The van der Waals surface area contributed by atoms with E-state index in [9.17, 15) is 0 Å². The first-order valence-corrected chi connectivity index (χ1v) is 8.95. The zero-order valence-corrected chi connectivity index (χ0v) is 15.7. The molecule has 0 atom stereocenters. The monoisotopic (exact) mass is 392 g/mol. The zero-order chi connectivity index (χ0) is 17.4. The molecule has 4 aromatic rings. The lowest BCUT2D eigenvalue weighted by Gasteiger charge is -2.13. The van der Waals surface area contributed by atoms with Gasteiger partial charge < -0.3 is 4.74 Å². The first kappa shape index (κ1) is 16.0. The van der Waals surface area contributed by atoms with Crippen molar-refractivity contribution in [3.05, 3.63) is 75.8 Å². The molecule has 1 heterocycles. The quantitative estimate of drug-likeness (QED) is 0.416. The Morgan fingerprint density at radius 2 is 1.52 bits per heavy atom. The molecule has 3 aromatic carbocycles. The standard InChI is InChI=1S/C21H17BrN2O/c1-13-7-9-15(10-8-13)12-25-21-14(2)11-16(22)19-20(21)24-18-6-4-3-5-17(18)23-19/h3-11H,12H2,1-2H3. The number of hydrogen-bond acceptors (Lipinski definition) is 3. The van der Waals surface area contributed by atoms with Crippen LogP contribution in [0.15, 0.2) is 59.1 Å². The molecule has 25 heavy (non-hydrogen) atoms. The fourth-order valence-electron chi connectivity index (χ4n) is 2.86. The number of hydrogen-bond donors (Lipinski definition) is 0. The smallest absolute Gasteiger partial charge is 0.150 e. The van der Waals surface area contributed by atoms with Crippen molar-refractivity contribution in [1.82, 2.24) is 9.97 Å². The van der Waals surface area contributed by atoms with Crippen LogP contribution in [0.3, 0.4) is 0 Å². The van der Waals surface area contributed by atoms with E-state index < -0.39 is 0 Å². The van der Waals surface area contributed by atoms with Gasteiger partial charge in [0.2, 0.25) is 0 Å². The third-order valence-electron chi connectivity index (χ3n) is 4.22. The third-order valence-corrected chi connectivity index (χ3v) is 4.82. The van der Waals surface area contributed by atoms with Gasteiger partial charge >= 0.3 is 0 Å². The van der Waals surface area contributed by atoms with Gasteiger partial charge in [-0.05, 0) is 59.1 Å². The van der Waals surface area contributed by atoms with Gasteiger partial charge in [-0.25, -0.2) is 9.97 Å². The van der Waals surface area contributed by atoms with Crippen LogP contribution in [0, 0.1) is 13.8 Å². The van der Waals surface area contributed by atoms with Crippen LogP contribution >= 0.6 is 15.9 Å². The summed E-state index contributed by atoms with van der Waals surface area (Å²) in [5, 5.41) is 0. The Balaban J connectivity index is 1.81. The van der Waals surface area contributed by atoms with Crippen molar-refractivity contribution in [2.45, 2.75) is 20.5 Å². The van der Waals surface area contributed by atoms with Crippen LogP contribution in [-0.2, 0) is 6.61 Å². The van der Waals surface area contributed by atoms with Crippen molar-refractivity contribution in [1.29, 1.82) is 0 Å². The highest BCUT2D eigenvalue weighted by Gasteiger charge is 2.14. The Kier molecular flexibility index (Phi) is 4.14. The van der Waals surface area contributed by atoms with E-state index >= 15 is 0 Å². The van der Waals surface area contributed by atoms with E-state index in [2.05, 4.69) is 47.1 Å². The van der Waals surface area contributed by atoms with Gasteiger partial charge in [-0.3, -0.25) is 0 Å². The lowest BCUT2D eigenvalue weighted by Crippen LogP contribution is -2.00. The molecule has 0 aliphatic heterocycles. The molecule has 0 bridgehead atoms. The van der Waals surface area contributed by atoms with Crippen LogP contribution in [-0.4, -0.2) is 9.97 Å². The van der Waals surface area contributed by atoms with Crippen LogP contribution in [0.25, 0.3) is 22.1 Å². The summed E-state index contributed by atoms with van der Waals surface area (Å²) >= 11 is 3.61. The van der Waals surface area contributed by atoms with E-state index in [4.69, 9.17) is 14.7 Å². The normalized spacial score (nSPS) is 11.2. The minimum Gasteiger partial charge on any atom is -0.486 e. The number of nitrogens with zero attached hydrogens (tertiary/aromatic N) is 2. The fraction of sp³-hybridized carbons (Fsp3) is 0.143. The van der Waals surface area contributed by atoms with E-state index in [0.29, 0.717) is 6.61 Å². The summed E-state index contributed by atoms with van der Waals surface area (Å²) in [6.07, 6.45) is 0. The molecule has 0 radical (unpaired) electrons. The van der Waals surface area contributed by atoms with E-state index in [-0.39, 0.29) is 0 Å². The molecule has 0 saturated carbocycles. The van der Waals surface area contributed by atoms with Crippen LogP contribution in [0.1, 0.15) is 16.7 Å². The number of rotatable bonds is 3. The molecular weight excluding hydrogens is 376 g/mol. The number of aryl methyl sites for hydroxylation is 2. The minimum atomic E-state index is 0.506. The van der Waals surface area contributed by atoms with Gasteiger partial charge in [0.05, 0.1) is 11.0 Å². The molecular formula is C21H17BrN2O. The van der Waals surface area contributed by atoms with E-state index in [0.717, 1.165) is 43.4 Å². The number of halogens is 1. The Morgan fingerprint density at radius 1 is 0.880 bits per heavy atom. The maximum Gasteiger partial charge on any atom is 0.150 e. The number of ether oxygens (including phenoxy) is 1. The number of aromatic nitrogens is 2. The van der Waals surface area contributed by atoms with Crippen molar-refractivity contribution < 1.29 is 4.74 Å². The van der Waals surface area contributed by atoms with Gasteiger partial charge in [0.15, 0.2) is 5.75 Å². The molecule has 4 heteroatoms. The largest absolute Gasteiger partial charge is 0.486 e. The molecule has 0 aliphatic rings. The van der Waals surface area contributed by atoms with Gasteiger partial charge in [-0.2, -0.15) is 0 Å². The molecule has 3 nitrogen and oxygen atoms in total. The Morgan fingerprint density at radius 3 is 2.20 bits per heavy atom. The van der Waals surface area contributed by atoms with Gasteiger partial charge in [-0.15, -0.1) is 0 Å². The van der Waals surface area contributed by atoms with E-state index in [1.54, 1.807) is 0 Å². The summed E-state index contributed by atoms with van der Waals surface area (Å²) in [6, 6.07) is 18.3. The molecule has 0 N–H and O–H groups in total. The predicted octanol–water partition coefficient (Wildman–Crippen LogP) is 5.74. The van der Waals surface area contributed by atoms with Crippen LogP contribution in [0.4, 0.5) is 0 Å². The van der Waals surface area contributed by atoms with E-state index in [1.807, 2.05) is 37.3 Å². The first-order chi connectivity index (χ1) is 12.1. The molecule has 0 fully saturated rings. The second-order valence-electron chi connectivity index (χ2n) is 6.19. The molecule has 1 aromatic heterocycles. The molecule has 0 aliphatic carbocycles. The SMILES string of the molecule is Cc1ccc(COc2c(C)cc(Br)c3nc4ccccc4nc23)cc1. The van der Waals surface area contributed by atoms with Gasteiger partial charge in [0.25, 0.3) is 0 Å². The maximum absolute atomic E-state index is 6.16. The summed E-state index contributed by atoms with van der Waals surface area (Å²) in [7, 11) is 0. The van der Waals surface area contributed by atoms with Crippen molar-refractivity contribution in [3.63, 3.8) is 0 Å².